The minimum Gasteiger partial charge on any atom is -0.393 e. The van der Waals surface area contributed by atoms with E-state index < -0.39 is 23.4 Å². The van der Waals surface area contributed by atoms with Crippen LogP contribution in [0.2, 0.25) is 0 Å². The number of hydrogen-bond acceptors (Lipinski definition) is 6. The smallest absolute Gasteiger partial charge is 0.331 e. The highest BCUT2D eigenvalue weighted by Gasteiger charge is 2.20. The number of carbonyl (C=O) groups is 1. The van der Waals surface area contributed by atoms with Gasteiger partial charge in [0.1, 0.15) is 6.10 Å². The van der Waals surface area contributed by atoms with Crippen molar-refractivity contribution in [3.05, 3.63) is 68.0 Å². The summed E-state index contributed by atoms with van der Waals surface area (Å²) < 4.78 is 2.37. The molecule has 0 saturated carbocycles. The number of amides is 1. The van der Waals surface area contributed by atoms with Gasteiger partial charge in [-0.2, -0.15) is 0 Å². The zero-order valence-electron chi connectivity index (χ0n) is 21.0. The number of aliphatic hydroxyl groups excluding tert-OH is 1. The second-order valence-electron chi connectivity index (χ2n) is 9.16. The van der Waals surface area contributed by atoms with Gasteiger partial charge in [-0.25, -0.2) is 4.79 Å². The van der Waals surface area contributed by atoms with Gasteiger partial charge in [-0.15, -0.1) is 0 Å². The third-order valence-electron chi connectivity index (χ3n) is 5.31. The van der Waals surface area contributed by atoms with Crippen LogP contribution in [0.15, 0.2) is 45.2 Å². The molecule has 0 aliphatic carbocycles. The first-order chi connectivity index (χ1) is 15.9. The summed E-state index contributed by atoms with van der Waals surface area (Å²) in [6.07, 6.45) is 0.264. The van der Waals surface area contributed by atoms with Gasteiger partial charge in [0.25, 0.3) is 5.56 Å². The molecule has 0 bridgehead atoms. The van der Waals surface area contributed by atoms with Gasteiger partial charge in [0.05, 0.1) is 30.5 Å². The van der Waals surface area contributed by atoms with Crippen LogP contribution in [-0.2, 0) is 22.7 Å². The second-order valence-corrected chi connectivity index (χ2v) is 9.16. The molecule has 2 aromatic rings. The molecule has 0 fully saturated rings. The number of carbonyl (C=O) groups excluding carboxylic acids is 1. The second kappa shape index (κ2) is 11.8. The molecule has 2 rings (SSSR count). The Bertz CT molecular complexity index is 1150. The summed E-state index contributed by atoms with van der Waals surface area (Å²) >= 11 is 0. The van der Waals surface area contributed by atoms with Crippen LogP contribution in [0.4, 0.5) is 0 Å². The SMILES string of the molecule is C/C(=N\OC(C)C)c1cn(CC(O)c2ccccc2C)c(=O)n(C[C@H](C)NC(=O)C(C)C)c1=O. The Hall–Kier alpha value is -3.20. The van der Waals surface area contributed by atoms with Crippen molar-refractivity contribution in [1.29, 1.82) is 0 Å². The van der Waals surface area contributed by atoms with Crippen molar-refractivity contribution in [2.24, 2.45) is 11.1 Å². The molecular weight excluding hydrogens is 436 g/mol. The summed E-state index contributed by atoms with van der Waals surface area (Å²) in [6.45, 7) is 12.3. The Morgan fingerprint density at radius 3 is 2.35 bits per heavy atom. The van der Waals surface area contributed by atoms with Crippen molar-refractivity contribution in [1.82, 2.24) is 14.5 Å². The highest BCUT2D eigenvalue weighted by Crippen LogP contribution is 2.18. The summed E-state index contributed by atoms with van der Waals surface area (Å²) in [4.78, 5) is 43.9. The van der Waals surface area contributed by atoms with E-state index in [-0.39, 0.29) is 36.6 Å². The fourth-order valence-corrected chi connectivity index (χ4v) is 3.40. The van der Waals surface area contributed by atoms with Crippen LogP contribution in [0.5, 0.6) is 0 Å². The van der Waals surface area contributed by atoms with Gasteiger partial charge >= 0.3 is 5.69 Å². The van der Waals surface area contributed by atoms with E-state index in [2.05, 4.69) is 10.5 Å². The molecule has 9 nitrogen and oxygen atoms in total. The van der Waals surface area contributed by atoms with Crippen molar-refractivity contribution < 1.29 is 14.7 Å². The monoisotopic (exact) mass is 472 g/mol. The lowest BCUT2D eigenvalue weighted by atomic mass is 10.0. The van der Waals surface area contributed by atoms with E-state index in [9.17, 15) is 19.5 Å². The van der Waals surface area contributed by atoms with E-state index in [1.807, 2.05) is 39.0 Å². The van der Waals surface area contributed by atoms with E-state index in [0.717, 1.165) is 10.1 Å². The number of aliphatic hydroxyl groups is 1. The molecule has 186 valence electrons. The van der Waals surface area contributed by atoms with Crippen LogP contribution >= 0.6 is 0 Å². The van der Waals surface area contributed by atoms with E-state index in [1.165, 1.54) is 10.8 Å². The molecule has 1 unspecified atom stereocenters. The largest absolute Gasteiger partial charge is 0.393 e. The third kappa shape index (κ3) is 6.90. The Labute approximate surface area is 200 Å². The van der Waals surface area contributed by atoms with Crippen molar-refractivity contribution in [3.8, 4) is 0 Å². The first kappa shape index (κ1) is 27.0. The molecule has 34 heavy (non-hydrogen) atoms. The molecule has 0 radical (unpaired) electrons. The summed E-state index contributed by atoms with van der Waals surface area (Å²) in [7, 11) is 0. The summed E-state index contributed by atoms with van der Waals surface area (Å²) in [5.74, 6) is -0.399. The van der Waals surface area contributed by atoms with Crippen LogP contribution in [0.25, 0.3) is 0 Å². The third-order valence-corrected chi connectivity index (χ3v) is 5.31. The molecule has 0 spiro atoms. The lowest BCUT2D eigenvalue weighted by Crippen LogP contribution is -2.48. The van der Waals surface area contributed by atoms with Crippen LogP contribution in [0.3, 0.4) is 0 Å². The number of oxime groups is 1. The standard InChI is InChI=1S/C25H36N4O5/c1-15(2)23(31)26-18(6)12-29-24(32)21(19(7)27-34-16(3)4)13-28(25(29)33)14-22(30)20-11-9-8-10-17(20)5/h8-11,13,15-16,18,22,30H,12,14H2,1-7H3,(H,26,31)/b27-19+/t18-,22?/m0/s1. The van der Waals surface area contributed by atoms with Gasteiger partial charge in [0.15, 0.2) is 0 Å². The summed E-state index contributed by atoms with van der Waals surface area (Å²) in [5, 5.41) is 17.7. The highest BCUT2D eigenvalue weighted by atomic mass is 16.6. The Kier molecular flexibility index (Phi) is 9.37. The van der Waals surface area contributed by atoms with E-state index in [0.29, 0.717) is 11.3 Å². The maximum absolute atomic E-state index is 13.3. The number of aromatic nitrogens is 2. The highest BCUT2D eigenvalue weighted by molar-refractivity contribution is 5.97. The van der Waals surface area contributed by atoms with Crippen molar-refractivity contribution in [2.45, 2.75) is 79.8 Å². The molecule has 9 heteroatoms. The Morgan fingerprint density at radius 1 is 1.12 bits per heavy atom. The minimum atomic E-state index is -0.958. The number of nitrogens with zero attached hydrogens (tertiary/aromatic N) is 3. The Balaban J connectivity index is 2.53. The predicted molar refractivity (Wildman–Crippen MR) is 132 cm³/mol. The van der Waals surface area contributed by atoms with Crippen LogP contribution < -0.4 is 16.6 Å². The topological polar surface area (TPSA) is 115 Å². The van der Waals surface area contributed by atoms with Gasteiger partial charge in [0, 0.05) is 18.2 Å². The van der Waals surface area contributed by atoms with Crippen molar-refractivity contribution in [3.63, 3.8) is 0 Å². The zero-order chi connectivity index (χ0) is 25.6. The molecule has 1 heterocycles. The molecule has 0 saturated heterocycles. The molecule has 1 aromatic heterocycles. The minimum absolute atomic E-state index is 0.0251. The maximum Gasteiger partial charge on any atom is 0.331 e. The molecule has 0 aliphatic rings. The van der Waals surface area contributed by atoms with E-state index >= 15 is 0 Å². The van der Waals surface area contributed by atoms with Gasteiger partial charge in [-0.05, 0) is 45.7 Å². The lowest BCUT2D eigenvalue weighted by Gasteiger charge is -2.20. The van der Waals surface area contributed by atoms with Crippen LogP contribution in [-0.4, -0.2) is 38.0 Å². The first-order valence-corrected chi connectivity index (χ1v) is 11.5. The quantitative estimate of drug-likeness (QED) is 0.407. The first-order valence-electron chi connectivity index (χ1n) is 11.5. The van der Waals surface area contributed by atoms with E-state index in [4.69, 9.17) is 4.84 Å². The molecule has 1 aromatic carbocycles. The molecule has 2 atom stereocenters. The van der Waals surface area contributed by atoms with Gasteiger partial charge in [-0.3, -0.25) is 18.7 Å². The lowest BCUT2D eigenvalue weighted by molar-refractivity contribution is -0.124. The Morgan fingerprint density at radius 2 is 1.76 bits per heavy atom. The fraction of sp³-hybridized carbons (Fsp3) is 0.520. The number of nitrogens with one attached hydrogen (secondary N) is 1. The summed E-state index contributed by atoms with van der Waals surface area (Å²) in [6, 6.07) is 6.91. The average Bonchev–Trinajstić information content (AvgIpc) is 2.76. The normalized spacial score (nSPS) is 13.8. The molecule has 1 amide bonds. The van der Waals surface area contributed by atoms with Gasteiger partial charge in [0.2, 0.25) is 5.91 Å². The van der Waals surface area contributed by atoms with Gasteiger partial charge in [-0.1, -0.05) is 43.3 Å². The number of benzene rings is 1. The van der Waals surface area contributed by atoms with Crippen molar-refractivity contribution >= 4 is 11.6 Å². The van der Waals surface area contributed by atoms with Gasteiger partial charge < -0.3 is 15.3 Å². The van der Waals surface area contributed by atoms with Crippen LogP contribution in [0, 0.1) is 12.8 Å². The van der Waals surface area contributed by atoms with Crippen molar-refractivity contribution in [2.75, 3.05) is 0 Å². The maximum atomic E-state index is 13.3. The summed E-state index contributed by atoms with van der Waals surface area (Å²) in [5.41, 5.74) is 0.963. The number of rotatable bonds is 10. The number of aryl methyl sites for hydroxylation is 1. The number of hydrogen-bond donors (Lipinski definition) is 2. The molecular formula is C25H36N4O5. The average molecular weight is 473 g/mol. The molecule has 2 N–H and O–H groups in total. The fourth-order valence-electron chi connectivity index (χ4n) is 3.40. The predicted octanol–water partition coefficient (Wildman–Crippen LogP) is 2.36. The zero-order valence-corrected chi connectivity index (χ0v) is 21.0. The molecule has 0 aliphatic heterocycles. The van der Waals surface area contributed by atoms with E-state index in [1.54, 1.807) is 33.8 Å². The van der Waals surface area contributed by atoms with Crippen LogP contribution in [0.1, 0.15) is 64.3 Å².